The van der Waals surface area contributed by atoms with Gasteiger partial charge in [-0.2, -0.15) is 0 Å². The van der Waals surface area contributed by atoms with Gasteiger partial charge in [-0.1, -0.05) is 0 Å². The van der Waals surface area contributed by atoms with Crippen LogP contribution in [-0.4, -0.2) is 43.6 Å². The fraction of sp³-hybridized carbons (Fsp3) is 0.643. The summed E-state index contributed by atoms with van der Waals surface area (Å²) in [5.41, 5.74) is 6.92. The Morgan fingerprint density at radius 3 is 2.79 bits per heavy atom. The molecule has 0 saturated carbocycles. The molecule has 2 heterocycles. The number of nitrogens with zero attached hydrogens (tertiary/aromatic N) is 3. The van der Waals surface area contributed by atoms with Crippen LogP contribution in [0, 0.1) is 5.92 Å². The van der Waals surface area contributed by atoms with Crippen LogP contribution >= 0.6 is 15.9 Å². The third kappa shape index (κ3) is 3.91. The van der Waals surface area contributed by atoms with E-state index in [2.05, 4.69) is 50.9 Å². The Kier molecular flexibility index (Phi) is 5.19. The average Bonchev–Trinajstić information content (AvgIpc) is 2.41. The first-order valence-corrected chi connectivity index (χ1v) is 7.63. The number of aromatic nitrogens is 1. The molecule has 1 saturated heterocycles. The van der Waals surface area contributed by atoms with Gasteiger partial charge >= 0.3 is 0 Å². The average molecular weight is 327 g/mol. The standard InChI is InChI=1S/C14H23BrN4/c1-18-5-3-11(4-6-18)10-19(2)14-12(8-16)7-13(15)9-17-14/h7,9,11H,3-6,8,10,16H2,1-2H3. The third-order valence-corrected chi connectivity index (χ3v) is 4.29. The van der Waals surface area contributed by atoms with Crippen molar-refractivity contribution < 1.29 is 0 Å². The molecule has 0 spiro atoms. The number of anilines is 1. The predicted octanol–water partition coefficient (Wildman–Crippen LogP) is 2.08. The van der Waals surface area contributed by atoms with Gasteiger partial charge in [0, 0.05) is 36.4 Å². The molecule has 1 fully saturated rings. The second kappa shape index (κ2) is 6.68. The van der Waals surface area contributed by atoms with Gasteiger partial charge < -0.3 is 15.5 Å². The zero-order chi connectivity index (χ0) is 13.8. The van der Waals surface area contributed by atoms with Gasteiger partial charge in [0.1, 0.15) is 5.82 Å². The number of likely N-dealkylation sites (tertiary alicyclic amines) is 1. The smallest absolute Gasteiger partial charge is 0.132 e. The molecule has 1 aromatic rings. The first kappa shape index (κ1) is 14.8. The lowest BCUT2D eigenvalue weighted by Crippen LogP contribution is -2.36. The Bertz CT molecular complexity index is 416. The van der Waals surface area contributed by atoms with Gasteiger partial charge in [0.15, 0.2) is 0 Å². The van der Waals surface area contributed by atoms with Crippen LogP contribution in [-0.2, 0) is 6.54 Å². The van der Waals surface area contributed by atoms with E-state index >= 15 is 0 Å². The molecule has 0 atom stereocenters. The molecule has 1 aliphatic rings. The molecular formula is C14H23BrN4. The van der Waals surface area contributed by atoms with E-state index in [-0.39, 0.29) is 0 Å². The van der Waals surface area contributed by atoms with Crippen LogP contribution in [0.1, 0.15) is 18.4 Å². The minimum atomic E-state index is 0.527. The minimum Gasteiger partial charge on any atom is -0.359 e. The minimum absolute atomic E-state index is 0.527. The van der Waals surface area contributed by atoms with Crippen LogP contribution < -0.4 is 10.6 Å². The summed E-state index contributed by atoms with van der Waals surface area (Å²) in [7, 11) is 4.32. The molecule has 0 unspecified atom stereocenters. The van der Waals surface area contributed by atoms with Gasteiger partial charge in [-0.15, -0.1) is 0 Å². The van der Waals surface area contributed by atoms with E-state index in [0.717, 1.165) is 28.3 Å². The number of rotatable bonds is 4. The summed E-state index contributed by atoms with van der Waals surface area (Å²) in [5, 5.41) is 0. The Balaban J connectivity index is 2.01. The molecule has 4 nitrogen and oxygen atoms in total. The van der Waals surface area contributed by atoms with E-state index < -0.39 is 0 Å². The molecule has 106 valence electrons. The first-order chi connectivity index (χ1) is 9.10. The van der Waals surface area contributed by atoms with Crippen LogP contribution in [0.15, 0.2) is 16.7 Å². The molecule has 1 aliphatic heterocycles. The number of hydrogen-bond acceptors (Lipinski definition) is 4. The van der Waals surface area contributed by atoms with E-state index in [1.807, 2.05) is 6.20 Å². The highest BCUT2D eigenvalue weighted by atomic mass is 79.9. The Hall–Kier alpha value is -0.650. The summed E-state index contributed by atoms with van der Waals surface area (Å²) >= 11 is 3.45. The van der Waals surface area contributed by atoms with Gasteiger partial charge in [-0.05, 0) is 60.9 Å². The van der Waals surface area contributed by atoms with Crippen LogP contribution in [0.5, 0.6) is 0 Å². The SMILES string of the molecule is CN1CCC(CN(C)c2ncc(Br)cc2CN)CC1. The molecule has 0 radical (unpaired) electrons. The van der Waals surface area contributed by atoms with Crippen molar-refractivity contribution in [2.24, 2.45) is 11.7 Å². The van der Waals surface area contributed by atoms with E-state index in [1.165, 1.54) is 25.9 Å². The number of pyridine rings is 1. The molecule has 1 aromatic heterocycles. The number of hydrogen-bond donors (Lipinski definition) is 1. The topological polar surface area (TPSA) is 45.4 Å². The van der Waals surface area contributed by atoms with E-state index in [1.54, 1.807) is 0 Å². The first-order valence-electron chi connectivity index (χ1n) is 6.84. The molecule has 5 heteroatoms. The van der Waals surface area contributed by atoms with E-state index in [4.69, 9.17) is 5.73 Å². The number of nitrogens with two attached hydrogens (primary N) is 1. The molecule has 19 heavy (non-hydrogen) atoms. The molecule has 0 amide bonds. The molecular weight excluding hydrogens is 304 g/mol. The van der Waals surface area contributed by atoms with Crippen LogP contribution in [0.4, 0.5) is 5.82 Å². The van der Waals surface area contributed by atoms with Crippen LogP contribution in [0.2, 0.25) is 0 Å². The maximum Gasteiger partial charge on any atom is 0.132 e. The quantitative estimate of drug-likeness (QED) is 0.920. The number of halogens is 1. The van der Waals surface area contributed by atoms with Gasteiger partial charge in [-0.25, -0.2) is 4.98 Å². The molecule has 2 rings (SSSR count). The van der Waals surface area contributed by atoms with Gasteiger partial charge in [0.2, 0.25) is 0 Å². The Labute approximate surface area is 124 Å². The summed E-state index contributed by atoms with van der Waals surface area (Å²) in [6.07, 6.45) is 4.39. The fourth-order valence-electron chi connectivity index (χ4n) is 2.69. The second-order valence-electron chi connectivity index (χ2n) is 5.47. The lowest BCUT2D eigenvalue weighted by Gasteiger charge is -2.32. The summed E-state index contributed by atoms with van der Waals surface area (Å²) < 4.78 is 0.990. The zero-order valence-corrected chi connectivity index (χ0v) is 13.4. The third-order valence-electron chi connectivity index (χ3n) is 3.86. The maximum absolute atomic E-state index is 5.81. The maximum atomic E-state index is 5.81. The van der Waals surface area contributed by atoms with Crippen molar-refractivity contribution in [3.63, 3.8) is 0 Å². The Morgan fingerprint density at radius 2 is 2.16 bits per heavy atom. The molecule has 0 bridgehead atoms. The predicted molar refractivity (Wildman–Crippen MR) is 83.3 cm³/mol. The van der Waals surface area contributed by atoms with E-state index in [9.17, 15) is 0 Å². The fourth-order valence-corrected chi connectivity index (χ4v) is 3.07. The Morgan fingerprint density at radius 1 is 1.47 bits per heavy atom. The van der Waals surface area contributed by atoms with Gasteiger partial charge in [-0.3, -0.25) is 0 Å². The van der Waals surface area contributed by atoms with Crippen molar-refractivity contribution in [1.82, 2.24) is 9.88 Å². The van der Waals surface area contributed by atoms with Gasteiger partial charge in [0.05, 0.1) is 0 Å². The highest BCUT2D eigenvalue weighted by Gasteiger charge is 2.19. The summed E-state index contributed by atoms with van der Waals surface area (Å²) in [5.74, 6) is 1.78. The monoisotopic (exact) mass is 326 g/mol. The van der Waals surface area contributed by atoms with Gasteiger partial charge in [0.25, 0.3) is 0 Å². The molecule has 2 N–H and O–H groups in total. The summed E-state index contributed by atoms with van der Waals surface area (Å²) in [4.78, 5) is 9.18. The lowest BCUT2D eigenvalue weighted by molar-refractivity contribution is 0.222. The van der Waals surface area contributed by atoms with Crippen LogP contribution in [0.3, 0.4) is 0 Å². The highest BCUT2D eigenvalue weighted by Crippen LogP contribution is 2.23. The molecule has 0 aliphatic carbocycles. The lowest BCUT2D eigenvalue weighted by atomic mass is 9.96. The van der Waals surface area contributed by atoms with Crippen molar-refractivity contribution in [3.05, 3.63) is 22.3 Å². The van der Waals surface area contributed by atoms with Crippen molar-refractivity contribution in [2.75, 3.05) is 38.6 Å². The van der Waals surface area contributed by atoms with Crippen molar-refractivity contribution in [3.8, 4) is 0 Å². The normalized spacial score (nSPS) is 17.7. The van der Waals surface area contributed by atoms with Crippen LogP contribution in [0.25, 0.3) is 0 Å². The van der Waals surface area contributed by atoms with Crippen molar-refractivity contribution >= 4 is 21.7 Å². The second-order valence-corrected chi connectivity index (χ2v) is 6.38. The zero-order valence-electron chi connectivity index (χ0n) is 11.8. The number of piperidine rings is 1. The largest absolute Gasteiger partial charge is 0.359 e. The molecule has 0 aromatic carbocycles. The summed E-state index contributed by atoms with van der Waals surface area (Å²) in [6, 6.07) is 2.06. The highest BCUT2D eigenvalue weighted by molar-refractivity contribution is 9.10. The van der Waals surface area contributed by atoms with Crippen molar-refractivity contribution in [2.45, 2.75) is 19.4 Å². The van der Waals surface area contributed by atoms with Crippen molar-refractivity contribution in [1.29, 1.82) is 0 Å². The van der Waals surface area contributed by atoms with E-state index in [0.29, 0.717) is 6.54 Å². The summed E-state index contributed by atoms with van der Waals surface area (Å²) in [6.45, 7) is 4.00.